The third kappa shape index (κ3) is 4.72. The van der Waals surface area contributed by atoms with Gasteiger partial charge < -0.3 is 4.90 Å². The third-order valence-corrected chi connectivity index (χ3v) is 15.1. The maximum atomic E-state index is 2.57. The van der Waals surface area contributed by atoms with E-state index in [-0.39, 0.29) is 5.41 Å². The summed E-state index contributed by atoms with van der Waals surface area (Å²) in [6, 6.07) is 45.0. The van der Waals surface area contributed by atoms with Gasteiger partial charge in [0.1, 0.15) is 0 Å². The van der Waals surface area contributed by atoms with Crippen molar-refractivity contribution in [3.63, 3.8) is 0 Å². The molecular weight excluding hydrogens is 615 g/mol. The first-order chi connectivity index (χ1) is 24.9. The number of nitrogens with zero attached hydrogens (tertiary/aromatic N) is 1. The van der Waals surface area contributed by atoms with Crippen molar-refractivity contribution in [3.05, 3.63) is 138 Å². The molecule has 0 saturated heterocycles. The highest BCUT2D eigenvalue weighted by Gasteiger charge is 2.51. The Kier molecular flexibility index (Phi) is 6.70. The fourth-order valence-corrected chi connectivity index (χ4v) is 13.2. The topological polar surface area (TPSA) is 3.24 Å². The molecule has 3 unspecified atom stereocenters. The SMILES string of the molecule is CC1(C)c2ccccc2-c2c(-c3ccccc3)cc(N(c3ccc(C4CC5CCC4C5)cc3)c3ccc(C45CC6CC(CC(C6)C4)C5)cc3)cc21. The first kappa shape index (κ1) is 30.5. The Balaban J connectivity index is 1.06. The highest BCUT2D eigenvalue weighted by molar-refractivity contribution is 5.96. The lowest BCUT2D eigenvalue weighted by Gasteiger charge is -2.57. The molecule has 1 heteroatoms. The second kappa shape index (κ2) is 11.2. The summed E-state index contributed by atoms with van der Waals surface area (Å²) in [4.78, 5) is 2.57. The van der Waals surface area contributed by atoms with Crippen molar-refractivity contribution in [3.8, 4) is 22.3 Å². The Hall–Kier alpha value is -4.10. The van der Waals surface area contributed by atoms with Crippen LogP contribution in [-0.2, 0) is 10.8 Å². The van der Waals surface area contributed by atoms with Crippen molar-refractivity contribution in [2.75, 3.05) is 4.90 Å². The van der Waals surface area contributed by atoms with Gasteiger partial charge in [0, 0.05) is 22.5 Å². The van der Waals surface area contributed by atoms with Gasteiger partial charge >= 0.3 is 0 Å². The van der Waals surface area contributed by atoms with Crippen LogP contribution in [0.4, 0.5) is 17.1 Å². The zero-order valence-electron chi connectivity index (χ0n) is 30.5. The van der Waals surface area contributed by atoms with E-state index >= 15 is 0 Å². The molecule has 5 aromatic rings. The molecule has 3 atom stereocenters. The van der Waals surface area contributed by atoms with Crippen LogP contribution in [0.3, 0.4) is 0 Å². The van der Waals surface area contributed by atoms with E-state index in [1.165, 1.54) is 115 Å². The zero-order chi connectivity index (χ0) is 33.9. The molecule has 0 aromatic heterocycles. The molecule has 51 heavy (non-hydrogen) atoms. The molecule has 7 aliphatic rings. The van der Waals surface area contributed by atoms with Gasteiger partial charge in [-0.1, -0.05) is 99.1 Å². The van der Waals surface area contributed by atoms with E-state index in [2.05, 4.69) is 134 Å². The van der Waals surface area contributed by atoms with Crippen molar-refractivity contribution in [2.45, 2.75) is 94.8 Å². The molecule has 7 aliphatic carbocycles. The van der Waals surface area contributed by atoms with Crippen molar-refractivity contribution < 1.29 is 0 Å². The predicted molar refractivity (Wildman–Crippen MR) is 212 cm³/mol. The minimum absolute atomic E-state index is 0.0921. The number of rotatable bonds is 6. The van der Waals surface area contributed by atoms with Crippen LogP contribution in [0.2, 0.25) is 0 Å². The summed E-state index contributed by atoms with van der Waals surface area (Å²) < 4.78 is 0. The lowest BCUT2D eigenvalue weighted by atomic mass is 9.48. The molecule has 1 nitrogen and oxygen atoms in total. The van der Waals surface area contributed by atoms with Crippen molar-refractivity contribution in [2.24, 2.45) is 29.6 Å². The molecule has 12 rings (SSSR count). The first-order valence-corrected chi connectivity index (χ1v) is 20.3. The van der Waals surface area contributed by atoms with Crippen LogP contribution in [0.5, 0.6) is 0 Å². The zero-order valence-corrected chi connectivity index (χ0v) is 30.5. The van der Waals surface area contributed by atoms with E-state index in [1.54, 1.807) is 11.1 Å². The molecule has 0 radical (unpaired) electrons. The molecule has 0 amide bonds. The highest BCUT2D eigenvalue weighted by atomic mass is 15.1. The molecule has 6 saturated carbocycles. The minimum Gasteiger partial charge on any atom is -0.310 e. The summed E-state index contributed by atoms with van der Waals surface area (Å²) in [5.41, 5.74) is 15.5. The van der Waals surface area contributed by atoms with E-state index in [1.807, 2.05) is 0 Å². The second-order valence-electron chi connectivity index (χ2n) is 18.4. The lowest BCUT2D eigenvalue weighted by Crippen LogP contribution is -2.48. The van der Waals surface area contributed by atoms with Crippen LogP contribution in [-0.4, -0.2) is 0 Å². The normalized spacial score (nSPS) is 30.4. The van der Waals surface area contributed by atoms with E-state index in [0.717, 1.165) is 35.5 Å². The van der Waals surface area contributed by atoms with E-state index in [4.69, 9.17) is 0 Å². The van der Waals surface area contributed by atoms with Gasteiger partial charge in [-0.25, -0.2) is 0 Å². The monoisotopic (exact) mass is 665 g/mol. The summed E-state index contributed by atoms with van der Waals surface area (Å²) in [7, 11) is 0. The van der Waals surface area contributed by atoms with E-state index < -0.39 is 0 Å². The van der Waals surface area contributed by atoms with E-state index in [0.29, 0.717) is 5.41 Å². The van der Waals surface area contributed by atoms with Crippen molar-refractivity contribution in [1.82, 2.24) is 0 Å². The summed E-state index contributed by atoms with van der Waals surface area (Å²) >= 11 is 0. The smallest absolute Gasteiger partial charge is 0.0471 e. The molecule has 0 aliphatic heterocycles. The first-order valence-electron chi connectivity index (χ1n) is 20.3. The van der Waals surface area contributed by atoms with Crippen LogP contribution in [0.25, 0.3) is 22.3 Å². The number of fused-ring (bicyclic) bond motifs is 5. The Labute approximate surface area is 305 Å². The quantitative estimate of drug-likeness (QED) is 0.174. The van der Waals surface area contributed by atoms with Crippen LogP contribution in [0.15, 0.2) is 115 Å². The molecule has 6 fully saturated rings. The minimum atomic E-state index is -0.0921. The summed E-state index contributed by atoms with van der Waals surface area (Å²) in [5, 5.41) is 0. The molecule has 256 valence electrons. The van der Waals surface area contributed by atoms with E-state index in [9.17, 15) is 0 Å². The van der Waals surface area contributed by atoms with Gasteiger partial charge in [-0.05, 0) is 180 Å². The van der Waals surface area contributed by atoms with Gasteiger partial charge in [0.15, 0.2) is 0 Å². The molecule has 6 bridgehead atoms. The van der Waals surface area contributed by atoms with Crippen LogP contribution in [0.1, 0.15) is 106 Å². The average molecular weight is 666 g/mol. The molecule has 0 N–H and O–H groups in total. The number of benzene rings is 5. The number of hydrogen-bond acceptors (Lipinski definition) is 1. The predicted octanol–water partition coefficient (Wildman–Crippen LogP) is 13.5. The second-order valence-corrected chi connectivity index (χ2v) is 18.4. The van der Waals surface area contributed by atoms with Gasteiger partial charge in [0.05, 0.1) is 0 Å². The molecule has 0 heterocycles. The van der Waals surface area contributed by atoms with Gasteiger partial charge in [-0.2, -0.15) is 0 Å². The van der Waals surface area contributed by atoms with Crippen molar-refractivity contribution in [1.29, 1.82) is 0 Å². The molecule has 0 spiro atoms. The Morgan fingerprint density at radius 3 is 1.82 bits per heavy atom. The Morgan fingerprint density at radius 1 is 0.529 bits per heavy atom. The van der Waals surface area contributed by atoms with Gasteiger partial charge in [-0.15, -0.1) is 0 Å². The summed E-state index contributed by atoms with van der Waals surface area (Å²) in [6.07, 6.45) is 14.4. The highest BCUT2D eigenvalue weighted by Crippen LogP contribution is 2.61. The fraction of sp³-hybridized carbons (Fsp3) is 0.400. The maximum Gasteiger partial charge on any atom is 0.0471 e. The summed E-state index contributed by atoms with van der Waals surface area (Å²) in [6.45, 7) is 4.84. The average Bonchev–Trinajstić information content (AvgIpc) is 3.85. The Morgan fingerprint density at radius 2 is 1.18 bits per heavy atom. The molecule has 5 aromatic carbocycles. The van der Waals surface area contributed by atoms with Gasteiger partial charge in [0.2, 0.25) is 0 Å². The van der Waals surface area contributed by atoms with Gasteiger partial charge in [-0.3, -0.25) is 0 Å². The number of anilines is 3. The molecular formula is C50H51N. The largest absolute Gasteiger partial charge is 0.310 e. The van der Waals surface area contributed by atoms with Crippen molar-refractivity contribution >= 4 is 17.1 Å². The Bertz CT molecular complexity index is 2080. The summed E-state index contributed by atoms with van der Waals surface area (Å²) in [5.74, 6) is 5.46. The standard InChI is InChI=1S/C50H51N/c1-49(2)46-11-7-6-10-43(46)48-45(36-8-4-3-5-9-36)27-42(28-47(48)49)51(40-18-14-37(15-19-40)44-26-32-12-13-38(44)25-32)41-20-16-39(17-21-41)50-29-33-22-34(30-50)24-35(23-33)31-50/h3-11,14-21,27-28,32-35,38,44H,12-13,22-26,29-31H2,1-2H3. The maximum absolute atomic E-state index is 2.57. The van der Waals surface area contributed by atoms with Crippen LogP contribution in [0, 0.1) is 29.6 Å². The fourth-order valence-electron chi connectivity index (χ4n) is 13.2. The third-order valence-electron chi connectivity index (χ3n) is 15.1. The van der Waals surface area contributed by atoms with Crippen LogP contribution < -0.4 is 4.90 Å². The number of hydrogen-bond donors (Lipinski definition) is 0. The van der Waals surface area contributed by atoms with Crippen LogP contribution >= 0.6 is 0 Å². The van der Waals surface area contributed by atoms with Gasteiger partial charge in [0.25, 0.3) is 0 Å². The lowest BCUT2D eigenvalue weighted by molar-refractivity contribution is -0.00518.